The molecule has 0 aliphatic carbocycles. The number of hydrogen-bond donors (Lipinski definition) is 0. The van der Waals surface area contributed by atoms with Gasteiger partial charge in [-0.2, -0.15) is 9.29 Å². The van der Waals surface area contributed by atoms with E-state index in [0.717, 1.165) is 10.6 Å². The highest BCUT2D eigenvalue weighted by Gasteiger charge is 2.22. The standard InChI is InChI=1S/C17H15ClFN3O3S/c1-26(23,24)22(10-13-4-2-3-5-15(13)19)11-16-20-17(21-25-16)12-6-8-14(18)9-7-12/h2-9H,10-11H2,1H3. The Balaban J connectivity index is 1.82. The number of nitrogens with zero attached hydrogens (tertiary/aromatic N) is 3. The summed E-state index contributed by atoms with van der Waals surface area (Å²) in [5.41, 5.74) is 0.944. The topological polar surface area (TPSA) is 76.3 Å². The van der Waals surface area contributed by atoms with Gasteiger partial charge in [-0.05, 0) is 30.3 Å². The number of rotatable bonds is 6. The van der Waals surface area contributed by atoms with Gasteiger partial charge in [-0.15, -0.1) is 0 Å². The van der Waals surface area contributed by atoms with Crippen molar-refractivity contribution in [1.29, 1.82) is 0 Å². The van der Waals surface area contributed by atoms with E-state index in [-0.39, 0.29) is 24.5 Å². The SMILES string of the molecule is CS(=O)(=O)N(Cc1nc(-c2ccc(Cl)cc2)no1)Cc1ccccc1F. The Morgan fingerprint density at radius 2 is 1.81 bits per heavy atom. The highest BCUT2D eigenvalue weighted by Crippen LogP contribution is 2.20. The lowest BCUT2D eigenvalue weighted by molar-refractivity contribution is 0.311. The molecule has 0 bridgehead atoms. The highest BCUT2D eigenvalue weighted by atomic mass is 35.5. The Morgan fingerprint density at radius 3 is 2.46 bits per heavy atom. The first-order chi connectivity index (χ1) is 12.3. The fraction of sp³-hybridized carbons (Fsp3) is 0.176. The third-order valence-electron chi connectivity index (χ3n) is 3.66. The summed E-state index contributed by atoms with van der Waals surface area (Å²) in [6, 6.07) is 12.8. The van der Waals surface area contributed by atoms with Crippen LogP contribution in [0, 0.1) is 5.82 Å². The van der Waals surface area contributed by atoms with Gasteiger partial charge in [-0.25, -0.2) is 12.8 Å². The molecule has 26 heavy (non-hydrogen) atoms. The van der Waals surface area contributed by atoms with E-state index >= 15 is 0 Å². The van der Waals surface area contributed by atoms with Gasteiger partial charge in [0.25, 0.3) is 0 Å². The molecule has 0 atom stereocenters. The van der Waals surface area contributed by atoms with Gasteiger partial charge in [0.2, 0.25) is 21.7 Å². The van der Waals surface area contributed by atoms with Crippen LogP contribution in [-0.4, -0.2) is 29.1 Å². The van der Waals surface area contributed by atoms with Crippen LogP contribution in [0.5, 0.6) is 0 Å². The van der Waals surface area contributed by atoms with Crippen molar-refractivity contribution in [2.45, 2.75) is 13.1 Å². The molecule has 0 saturated carbocycles. The monoisotopic (exact) mass is 395 g/mol. The van der Waals surface area contributed by atoms with E-state index in [1.807, 2.05) is 0 Å². The van der Waals surface area contributed by atoms with Crippen LogP contribution in [0.15, 0.2) is 53.1 Å². The molecule has 0 unspecified atom stereocenters. The smallest absolute Gasteiger partial charge is 0.242 e. The van der Waals surface area contributed by atoms with Crippen molar-refractivity contribution in [3.63, 3.8) is 0 Å². The second-order valence-electron chi connectivity index (χ2n) is 5.64. The predicted molar refractivity (Wildman–Crippen MR) is 95.2 cm³/mol. The Morgan fingerprint density at radius 1 is 1.12 bits per heavy atom. The molecule has 0 aliphatic heterocycles. The average molecular weight is 396 g/mol. The highest BCUT2D eigenvalue weighted by molar-refractivity contribution is 7.88. The Labute approximate surface area is 155 Å². The van der Waals surface area contributed by atoms with Crippen LogP contribution < -0.4 is 0 Å². The molecule has 2 aromatic carbocycles. The summed E-state index contributed by atoms with van der Waals surface area (Å²) in [6.45, 7) is -0.294. The number of aromatic nitrogens is 2. The van der Waals surface area contributed by atoms with E-state index in [0.29, 0.717) is 16.4 Å². The first-order valence-corrected chi connectivity index (χ1v) is 9.82. The molecule has 0 aliphatic rings. The van der Waals surface area contributed by atoms with Crippen molar-refractivity contribution < 1.29 is 17.3 Å². The molecule has 0 saturated heterocycles. The number of halogens is 2. The van der Waals surface area contributed by atoms with E-state index in [4.69, 9.17) is 16.1 Å². The van der Waals surface area contributed by atoms with Crippen LogP contribution in [0.25, 0.3) is 11.4 Å². The van der Waals surface area contributed by atoms with Gasteiger partial charge in [0.05, 0.1) is 12.8 Å². The number of hydrogen-bond acceptors (Lipinski definition) is 5. The van der Waals surface area contributed by atoms with E-state index in [2.05, 4.69) is 10.1 Å². The zero-order valence-corrected chi connectivity index (χ0v) is 15.3. The molecule has 0 fully saturated rings. The van der Waals surface area contributed by atoms with Gasteiger partial charge >= 0.3 is 0 Å². The van der Waals surface area contributed by atoms with Crippen LogP contribution in [0.3, 0.4) is 0 Å². The normalized spacial score (nSPS) is 11.8. The summed E-state index contributed by atoms with van der Waals surface area (Å²) in [5.74, 6) is -0.0544. The molecule has 0 radical (unpaired) electrons. The van der Waals surface area contributed by atoms with E-state index in [1.165, 1.54) is 12.1 Å². The van der Waals surface area contributed by atoms with Crippen LogP contribution in [0.4, 0.5) is 4.39 Å². The zero-order chi connectivity index (χ0) is 18.7. The summed E-state index contributed by atoms with van der Waals surface area (Å²) >= 11 is 5.84. The van der Waals surface area contributed by atoms with Crippen LogP contribution in [0.1, 0.15) is 11.5 Å². The molecule has 9 heteroatoms. The first-order valence-electron chi connectivity index (χ1n) is 7.60. The Bertz CT molecular complexity index is 1010. The van der Waals surface area contributed by atoms with Gasteiger partial charge in [-0.3, -0.25) is 0 Å². The van der Waals surface area contributed by atoms with Crippen LogP contribution in [-0.2, 0) is 23.1 Å². The lowest BCUT2D eigenvalue weighted by Crippen LogP contribution is -2.29. The van der Waals surface area contributed by atoms with Crippen molar-refractivity contribution in [3.05, 3.63) is 70.8 Å². The number of sulfonamides is 1. The quantitative estimate of drug-likeness (QED) is 0.638. The van der Waals surface area contributed by atoms with E-state index in [9.17, 15) is 12.8 Å². The summed E-state index contributed by atoms with van der Waals surface area (Å²) in [6.07, 6.45) is 1.05. The van der Waals surface area contributed by atoms with Crippen molar-refractivity contribution >= 4 is 21.6 Å². The van der Waals surface area contributed by atoms with Crippen molar-refractivity contribution in [1.82, 2.24) is 14.4 Å². The summed E-state index contributed by atoms with van der Waals surface area (Å²) < 4.78 is 44.2. The average Bonchev–Trinajstić information content (AvgIpc) is 3.04. The van der Waals surface area contributed by atoms with Gasteiger partial charge in [0, 0.05) is 22.7 Å². The second kappa shape index (κ2) is 7.53. The first kappa shape index (κ1) is 18.5. The molecule has 1 heterocycles. The minimum absolute atomic E-state index is 0.108. The van der Waals surface area contributed by atoms with Crippen molar-refractivity contribution in [3.8, 4) is 11.4 Å². The van der Waals surface area contributed by atoms with Gasteiger partial charge in [0.15, 0.2) is 0 Å². The molecule has 136 valence electrons. The molecule has 1 aromatic heterocycles. The largest absolute Gasteiger partial charge is 0.338 e. The van der Waals surface area contributed by atoms with Crippen LogP contribution in [0.2, 0.25) is 5.02 Å². The summed E-state index contributed by atoms with van der Waals surface area (Å²) in [4.78, 5) is 4.21. The molecular formula is C17H15ClFN3O3S. The number of benzene rings is 2. The Hall–Kier alpha value is -2.29. The second-order valence-corrected chi connectivity index (χ2v) is 8.06. The lowest BCUT2D eigenvalue weighted by Gasteiger charge is -2.18. The fourth-order valence-electron chi connectivity index (χ4n) is 2.29. The minimum Gasteiger partial charge on any atom is -0.338 e. The molecule has 3 aromatic rings. The van der Waals surface area contributed by atoms with E-state index < -0.39 is 15.8 Å². The maximum Gasteiger partial charge on any atom is 0.242 e. The maximum atomic E-state index is 13.9. The zero-order valence-electron chi connectivity index (χ0n) is 13.8. The van der Waals surface area contributed by atoms with Crippen LogP contribution >= 0.6 is 11.6 Å². The fourth-order valence-corrected chi connectivity index (χ4v) is 3.14. The summed E-state index contributed by atoms with van der Waals surface area (Å²) in [7, 11) is -3.62. The molecule has 0 N–H and O–H groups in total. The third-order valence-corrected chi connectivity index (χ3v) is 5.10. The molecule has 3 rings (SSSR count). The minimum atomic E-state index is -3.62. The lowest BCUT2D eigenvalue weighted by atomic mass is 10.2. The molecular weight excluding hydrogens is 381 g/mol. The molecule has 6 nitrogen and oxygen atoms in total. The van der Waals surface area contributed by atoms with Gasteiger partial charge in [-0.1, -0.05) is 35.0 Å². The van der Waals surface area contributed by atoms with E-state index in [1.54, 1.807) is 36.4 Å². The predicted octanol–water partition coefficient (Wildman–Crippen LogP) is 3.49. The third kappa shape index (κ3) is 4.46. The van der Waals surface area contributed by atoms with Gasteiger partial charge in [0.1, 0.15) is 5.82 Å². The van der Waals surface area contributed by atoms with Crippen molar-refractivity contribution in [2.24, 2.45) is 0 Å². The van der Waals surface area contributed by atoms with Gasteiger partial charge < -0.3 is 4.52 Å². The Kier molecular flexibility index (Phi) is 5.36. The molecule has 0 spiro atoms. The van der Waals surface area contributed by atoms with Crippen molar-refractivity contribution in [2.75, 3.05) is 6.26 Å². The summed E-state index contributed by atoms with van der Waals surface area (Å²) in [5, 5.41) is 4.43. The maximum absolute atomic E-state index is 13.9. The molecule has 0 amide bonds.